The second kappa shape index (κ2) is 8.98. The van der Waals surface area contributed by atoms with E-state index in [4.69, 9.17) is 9.15 Å². The molecule has 6 heteroatoms. The van der Waals surface area contributed by atoms with Crippen molar-refractivity contribution in [3.63, 3.8) is 0 Å². The van der Waals surface area contributed by atoms with E-state index in [0.29, 0.717) is 23.4 Å². The minimum absolute atomic E-state index is 0.137. The highest BCUT2D eigenvalue weighted by Crippen LogP contribution is 2.32. The second-order valence-corrected chi connectivity index (χ2v) is 8.90. The van der Waals surface area contributed by atoms with E-state index in [-0.39, 0.29) is 17.2 Å². The lowest BCUT2D eigenvalue weighted by Crippen LogP contribution is -2.43. The molecular weight excluding hydrogens is 416 g/mol. The molecule has 6 nitrogen and oxygen atoms in total. The lowest BCUT2D eigenvalue weighted by Gasteiger charge is -2.35. The number of ether oxygens (including phenoxy) is 1. The summed E-state index contributed by atoms with van der Waals surface area (Å²) in [5, 5.41) is 6.30. The van der Waals surface area contributed by atoms with Crippen LogP contribution in [0.3, 0.4) is 0 Å². The van der Waals surface area contributed by atoms with Gasteiger partial charge in [-0.1, -0.05) is 18.2 Å². The molecule has 0 unspecified atom stereocenters. The first-order valence-electron chi connectivity index (χ1n) is 10.9. The third kappa shape index (κ3) is 5.17. The fourth-order valence-corrected chi connectivity index (χ4v) is 4.00. The zero-order chi connectivity index (χ0) is 23.6. The van der Waals surface area contributed by atoms with Crippen molar-refractivity contribution in [1.82, 2.24) is 10.6 Å². The molecule has 0 radical (unpaired) electrons. The Morgan fingerprint density at radius 3 is 2.48 bits per heavy atom. The summed E-state index contributed by atoms with van der Waals surface area (Å²) in [6.45, 7) is 6.38. The second-order valence-electron chi connectivity index (χ2n) is 8.90. The van der Waals surface area contributed by atoms with Gasteiger partial charge in [-0.25, -0.2) is 0 Å². The number of furan rings is 1. The van der Waals surface area contributed by atoms with Crippen molar-refractivity contribution in [2.75, 3.05) is 7.11 Å². The number of fused-ring (bicyclic) bond motifs is 1. The molecular formula is C27H28N2O4. The van der Waals surface area contributed by atoms with Crippen molar-refractivity contribution in [3.05, 3.63) is 94.4 Å². The third-order valence-corrected chi connectivity index (χ3v) is 5.64. The smallest absolute Gasteiger partial charge is 0.251 e. The molecule has 170 valence electrons. The van der Waals surface area contributed by atoms with Crippen LogP contribution in [0.2, 0.25) is 0 Å². The Bertz CT molecular complexity index is 1220. The summed E-state index contributed by atoms with van der Waals surface area (Å²) in [7, 11) is 1.63. The van der Waals surface area contributed by atoms with Gasteiger partial charge in [0.1, 0.15) is 17.3 Å². The van der Waals surface area contributed by atoms with Gasteiger partial charge in [-0.2, -0.15) is 0 Å². The predicted octanol–water partition coefficient (Wildman–Crippen LogP) is 4.67. The van der Waals surface area contributed by atoms with E-state index in [0.717, 1.165) is 34.8 Å². The molecule has 1 aliphatic rings. The fourth-order valence-electron chi connectivity index (χ4n) is 4.00. The number of amides is 1. The number of methoxy groups -OCH3 is 1. The SMILES string of the molecule is COc1ccc2c(c1)C(=CC(=O)c1ccc(C(=O)NCc3ccc(C)o3)cc1)NC(C)(C)C2. The standard InChI is InChI=1S/C27H28N2O4/c1-17-5-11-22(33-17)16-28-26(31)19-8-6-18(7-9-19)25(30)14-24-23-13-21(32-4)12-10-20(23)15-27(2,3)29-24/h5-14,29H,15-16H2,1-4H3,(H,28,31). The Labute approximate surface area is 193 Å². The van der Waals surface area contributed by atoms with Crippen molar-refractivity contribution >= 4 is 17.4 Å². The molecule has 33 heavy (non-hydrogen) atoms. The van der Waals surface area contributed by atoms with Gasteiger partial charge in [0.25, 0.3) is 5.91 Å². The molecule has 0 fully saturated rings. The first kappa shape index (κ1) is 22.4. The fraction of sp³-hybridized carbons (Fsp3) is 0.259. The van der Waals surface area contributed by atoms with E-state index in [1.165, 1.54) is 0 Å². The van der Waals surface area contributed by atoms with Crippen molar-refractivity contribution in [2.24, 2.45) is 0 Å². The molecule has 1 aliphatic heterocycles. The summed E-state index contributed by atoms with van der Waals surface area (Å²) in [5.74, 6) is 1.88. The van der Waals surface area contributed by atoms with E-state index in [1.807, 2.05) is 37.3 Å². The summed E-state index contributed by atoms with van der Waals surface area (Å²) < 4.78 is 10.8. The highest BCUT2D eigenvalue weighted by molar-refractivity contribution is 6.09. The Balaban J connectivity index is 1.51. The number of benzene rings is 2. The maximum atomic E-state index is 13.0. The first-order chi connectivity index (χ1) is 15.7. The Morgan fingerprint density at radius 2 is 1.82 bits per heavy atom. The van der Waals surface area contributed by atoms with Gasteiger partial charge in [-0.3, -0.25) is 9.59 Å². The lowest BCUT2D eigenvalue weighted by atomic mass is 9.85. The molecule has 4 rings (SSSR count). The monoisotopic (exact) mass is 444 g/mol. The molecule has 1 amide bonds. The number of hydrogen-bond donors (Lipinski definition) is 2. The van der Waals surface area contributed by atoms with Crippen LogP contribution >= 0.6 is 0 Å². The van der Waals surface area contributed by atoms with Crippen LogP contribution in [-0.4, -0.2) is 24.3 Å². The average Bonchev–Trinajstić information content (AvgIpc) is 3.21. The highest BCUT2D eigenvalue weighted by atomic mass is 16.5. The van der Waals surface area contributed by atoms with Gasteiger partial charge in [0.15, 0.2) is 5.78 Å². The largest absolute Gasteiger partial charge is 0.497 e. The van der Waals surface area contributed by atoms with Gasteiger partial charge in [-0.05, 0) is 69.2 Å². The van der Waals surface area contributed by atoms with Crippen molar-refractivity contribution in [2.45, 2.75) is 39.3 Å². The number of aryl methyl sites for hydroxylation is 1. The Hall–Kier alpha value is -3.80. The lowest BCUT2D eigenvalue weighted by molar-refractivity contribution is 0.0946. The minimum atomic E-state index is -0.224. The van der Waals surface area contributed by atoms with Gasteiger partial charge in [0.2, 0.25) is 0 Å². The van der Waals surface area contributed by atoms with Crippen molar-refractivity contribution in [3.8, 4) is 5.75 Å². The molecule has 0 saturated heterocycles. The quantitative estimate of drug-likeness (QED) is 0.426. The maximum Gasteiger partial charge on any atom is 0.251 e. The number of ketones is 1. The minimum Gasteiger partial charge on any atom is -0.497 e. The highest BCUT2D eigenvalue weighted by Gasteiger charge is 2.28. The molecule has 3 aromatic rings. The van der Waals surface area contributed by atoms with Crippen LogP contribution in [0.1, 0.15) is 57.2 Å². The topological polar surface area (TPSA) is 80.6 Å². The van der Waals surface area contributed by atoms with Crippen LogP contribution < -0.4 is 15.4 Å². The number of rotatable bonds is 6. The summed E-state index contributed by atoms with van der Waals surface area (Å²) in [6, 6.07) is 16.3. The number of hydrogen-bond acceptors (Lipinski definition) is 5. The van der Waals surface area contributed by atoms with Gasteiger partial charge in [0, 0.05) is 34.0 Å². The summed E-state index contributed by atoms with van der Waals surface area (Å²) >= 11 is 0. The number of carbonyl (C=O) groups excluding carboxylic acids is 2. The van der Waals surface area contributed by atoms with Gasteiger partial charge in [-0.15, -0.1) is 0 Å². The summed E-state index contributed by atoms with van der Waals surface area (Å²) in [6.07, 6.45) is 2.47. The normalized spacial score (nSPS) is 15.5. The van der Waals surface area contributed by atoms with Crippen LogP contribution in [0.4, 0.5) is 0 Å². The number of carbonyl (C=O) groups is 2. The summed E-state index contributed by atoms with van der Waals surface area (Å²) in [5.41, 5.74) is 3.71. The van der Waals surface area contributed by atoms with E-state index >= 15 is 0 Å². The van der Waals surface area contributed by atoms with Crippen LogP contribution in [0.5, 0.6) is 5.75 Å². The van der Waals surface area contributed by atoms with Crippen LogP contribution in [0.15, 0.2) is 65.1 Å². The van der Waals surface area contributed by atoms with E-state index in [2.05, 4.69) is 24.5 Å². The zero-order valence-corrected chi connectivity index (χ0v) is 19.3. The third-order valence-electron chi connectivity index (χ3n) is 5.64. The first-order valence-corrected chi connectivity index (χ1v) is 10.9. The van der Waals surface area contributed by atoms with Crippen LogP contribution in [0, 0.1) is 6.92 Å². The predicted molar refractivity (Wildman–Crippen MR) is 127 cm³/mol. The molecule has 0 aliphatic carbocycles. The van der Waals surface area contributed by atoms with Crippen LogP contribution in [0.25, 0.3) is 5.70 Å². The Morgan fingerprint density at radius 1 is 1.09 bits per heavy atom. The number of nitrogens with one attached hydrogen (secondary N) is 2. The molecule has 2 N–H and O–H groups in total. The van der Waals surface area contributed by atoms with Gasteiger partial charge in [0.05, 0.1) is 13.7 Å². The van der Waals surface area contributed by atoms with Gasteiger partial charge < -0.3 is 19.8 Å². The summed E-state index contributed by atoms with van der Waals surface area (Å²) in [4.78, 5) is 25.4. The van der Waals surface area contributed by atoms with E-state index < -0.39 is 0 Å². The van der Waals surface area contributed by atoms with Crippen LogP contribution in [-0.2, 0) is 13.0 Å². The zero-order valence-electron chi connectivity index (χ0n) is 19.3. The molecule has 0 atom stereocenters. The van der Waals surface area contributed by atoms with Crippen molar-refractivity contribution in [1.29, 1.82) is 0 Å². The molecule has 0 spiro atoms. The van der Waals surface area contributed by atoms with E-state index in [1.54, 1.807) is 37.5 Å². The Kier molecular flexibility index (Phi) is 6.09. The van der Waals surface area contributed by atoms with E-state index in [9.17, 15) is 9.59 Å². The average molecular weight is 445 g/mol. The molecule has 2 aromatic carbocycles. The maximum absolute atomic E-state index is 13.0. The molecule has 2 heterocycles. The number of allylic oxidation sites excluding steroid dienone is 1. The van der Waals surface area contributed by atoms with Gasteiger partial charge >= 0.3 is 0 Å². The molecule has 0 bridgehead atoms. The van der Waals surface area contributed by atoms with Crippen molar-refractivity contribution < 1.29 is 18.7 Å². The molecule has 0 saturated carbocycles. The molecule has 1 aromatic heterocycles.